The summed E-state index contributed by atoms with van der Waals surface area (Å²) in [6.07, 6.45) is 4.47. The molecule has 1 aromatic carbocycles. The number of carbonyl (C=O) groups excluding carboxylic acids is 1. The van der Waals surface area contributed by atoms with Crippen LogP contribution in [0.2, 0.25) is 0 Å². The average molecular weight is 481 g/mol. The van der Waals surface area contributed by atoms with Gasteiger partial charge in [-0.2, -0.15) is 4.98 Å². The van der Waals surface area contributed by atoms with Crippen LogP contribution in [0.15, 0.2) is 30.5 Å². The Morgan fingerprint density at radius 1 is 1.14 bits per heavy atom. The SMILES string of the molecule is O=C(O)CNC(=O)c1ccc2nc(CN3CCC(c4nccc(O)n4)CC3)n(C[C@@H]3CCO3)c2c1. The van der Waals surface area contributed by atoms with Crippen molar-refractivity contribution in [2.75, 3.05) is 26.2 Å². The standard InChI is InChI=1S/C24H28N6O5/c31-21-3-7-25-23(28-21)15-4-8-29(9-5-15)14-20-27-18-2-1-16(24(34)26-12-22(32)33)11-19(18)30(20)13-17-6-10-35-17/h1-3,7,11,15,17H,4-6,8-10,12-14H2,(H,26,34)(H,32,33)(H,25,28,31)/t17-/m0/s1. The smallest absolute Gasteiger partial charge is 0.322 e. The number of hydrogen-bond acceptors (Lipinski definition) is 8. The molecule has 0 saturated carbocycles. The van der Waals surface area contributed by atoms with Gasteiger partial charge in [-0.3, -0.25) is 14.5 Å². The van der Waals surface area contributed by atoms with Gasteiger partial charge in [0.25, 0.3) is 5.91 Å². The third kappa shape index (κ3) is 5.25. The average Bonchev–Trinajstić information content (AvgIpc) is 3.16. The highest BCUT2D eigenvalue weighted by molar-refractivity contribution is 5.98. The van der Waals surface area contributed by atoms with Crippen molar-refractivity contribution < 1.29 is 24.5 Å². The first-order chi connectivity index (χ1) is 17.0. The Balaban J connectivity index is 1.33. The summed E-state index contributed by atoms with van der Waals surface area (Å²) < 4.78 is 7.79. The number of carboxylic acid groups (broad SMARTS) is 1. The van der Waals surface area contributed by atoms with E-state index >= 15 is 0 Å². The Bertz CT molecular complexity index is 1230. The molecule has 3 N–H and O–H groups in total. The van der Waals surface area contributed by atoms with Crippen LogP contribution in [0.4, 0.5) is 0 Å². The molecule has 0 radical (unpaired) electrons. The summed E-state index contributed by atoms with van der Waals surface area (Å²) in [6, 6.07) is 6.72. The summed E-state index contributed by atoms with van der Waals surface area (Å²) in [5, 5.41) is 20.9. The van der Waals surface area contributed by atoms with Crippen LogP contribution in [0.3, 0.4) is 0 Å². The molecule has 3 aromatic rings. The second-order valence-corrected chi connectivity index (χ2v) is 9.02. The van der Waals surface area contributed by atoms with Crippen LogP contribution in [0, 0.1) is 0 Å². The molecule has 1 amide bonds. The monoisotopic (exact) mass is 480 g/mol. The molecule has 2 saturated heterocycles. The third-order valence-electron chi connectivity index (χ3n) is 6.65. The van der Waals surface area contributed by atoms with Gasteiger partial charge in [0, 0.05) is 30.4 Å². The molecule has 4 heterocycles. The van der Waals surface area contributed by atoms with Gasteiger partial charge in [0.1, 0.15) is 18.2 Å². The number of amides is 1. The molecule has 0 spiro atoms. The van der Waals surface area contributed by atoms with E-state index in [9.17, 15) is 14.7 Å². The second-order valence-electron chi connectivity index (χ2n) is 9.02. The Morgan fingerprint density at radius 3 is 2.63 bits per heavy atom. The van der Waals surface area contributed by atoms with E-state index in [1.807, 2.05) is 0 Å². The summed E-state index contributed by atoms with van der Waals surface area (Å²) >= 11 is 0. The number of hydrogen-bond donors (Lipinski definition) is 3. The number of piperidine rings is 1. The number of likely N-dealkylation sites (tertiary alicyclic amines) is 1. The molecule has 2 aliphatic rings. The van der Waals surface area contributed by atoms with Crippen LogP contribution in [-0.2, 0) is 22.6 Å². The molecule has 11 nitrogen and oxygen atoms in total. The van der Waals surface area contributed by atoms with Crippen LogP contribution in [0.5, 0.6) is 5.88 Å². The fourth-order valence-corrected chi connectivity index (χ4v) is 4.64. The normalized spacial score (nSPS) is 18.9. The summed E-state index contributed by atoms with van der Waals surface area (Å²) in [6.45, 7) is 3.35. The minimum atomic E-state index is -1.09. The van der Waals surface area contributed by atoms with Gasteiger partial charge in [-0.15, -0.1) is 0 Å². The number of fused-ring (bicyclic) bond motifs is 1. The Labute approximate surface area is 201 Å². The van der Waals surface area contributed by atoms with E-state index in [4.69, 9.17) is 14.8 Å². The van der Waals surface area contributed by atoms with Gasteiger partial charge in [0.05, 0.1) is 30.2 Å². The van der Waals surface area contributed by atoms with Gasteiger partial charge in [-0.25, -0.2) is 9.97 Å². The molecule has 0 bridgehead atoms. The van der Waals surface area contributed by atoms with Crippen molar-refractivity contribution in [2.45, 2.75) is 44.4 Å². The zero-order valence-corrected chi connectivity index (χ0v) is 19.3. The largest absolute Gasteiger partial charge is 0.493 e. The minimum Gasteiger partial charge on any atom is -0.493 e. The number of aromatic hydroxyl groups is 1. The fraction of sp³-hybridized carbons (Fsp3) is 0.458. The molecular weight excluding hydrogens is 452 g/mol. The topological polar surface area (TPSA) is 143 Å². The van der Waals surface area contributed by atoms with Crippen molar-refractivity contribution in [3.05, 3.63) is 47.7 Å². The van der Waals surface area contributed by atoms with Gasteiger partial charge >= 0.3 is 5.97 Å². The van der Waals surface area contributed by atoms with Crippen molar-refractivity contribution in [3.8, 4) is 5.88 Å². The van der Waals surface area contributed by atoms with Crippen molar-refractivity contribution in [1.29, 1.82) is 0 Å². The number of nitrogens with zero attached hydrogens (tertiary/aromatic N) is 5. The van der Waals surface area contributed by atoms with Crippen molar-refractivity contribution in [2.24, 2.45) is 0 Å². The number of rotatable bonds is 8. The minimum absolute atomic E-state index is 0.000344. The Kier molecular flexibility index (Phi) is 6.60. The molecule has 184 valence electrons. The van der Waals surface area contributed by atoms with Crippen molar-refractivity contribution in [1.82, 2.24) is 29.7 Å². The van der Waals surface area contributed by atoms with E-state index in [2.05, 4.69) is 24.8 Å². The number of imidazole rings is 1. The first-order valence-electron chi connectivity index (χ1n) is 11.8. The number of aromatic nitrogens is 4. The van der Waals surface area contributed by atoms with Gasteiger partial charge in [-0.05, 0) is 50.6 Å². The van der Waals surface area contributed by atoms with Crippen LogP contribution in [-0.4, -0.2) is 78.9 Å². The predicted octanol–water partition coefficient (Wildman–Crippen LogP) is 1.51. The molecule has 2 fully saturated rings. The van der Waals surface area contributed by atoms with Crippen LogP contribution >= 0.6 is 0 Å². The fourth-order valence-electron chi connectivity index (χ4n) is 4.64. The number of ether oxygens (including phenoxy) is 1. The number of carboxylic acids is 1. The van der Waals surface area contributed by atoms with E-state index in [1.54, 1.807) is 24.4 Å². The number of aliphatic carboxylic acids is 1. The van der Waals surface area contributed by atoms with E-state index in [0.29, 0.717) is 24.5 Å². The number of nitrogens with one attached hydrogen (secondary N) is 1. The molecule has 0 aliphatic carbocycles. The second kappa shape index (κ2) is 9.96. The zero-order chi connectivity index (χ0) is 24.4. The maximum Gasteiger partial charge on any atom is 0.322 e. The number of carbonyl (C=O) groups is 2. The molecular formula is C24H28N6O5. The highest BCUT2D eigenvalue weighted by Crippen LogP contribution is 2.28. The lowest BCUT2D eigenvalue weighted by atomic mass is 9.96. The highest BCUT2D eigenvalue weighted by atomic mass is 16.5. The van der Waals surface area contributed by atoms with Gasteiger partial charge in [0.2, 0.25) is 5.88 Å². The first-order valence-corrected chi connectivity index (χ1v) is 11.8. The molecule has 5 rings (SSSR count). The molecule has 11 heteroatoms. The van der Waals surface area contributed by atoms with E-state index in [1.165, 1.54) is 6.07 Å². The lowest BCUT2D eigenvalue weighted by Crippen LogP contribution is -2.35. The lowest BCUT2D eigenvalue weighted by Gasteiger charge is -2.32. The molecule has 2 aliphatic heterocycles. The predicted molar refractivity (Wildman–Crippen MR) is 125 cm³/mol. The summed E-state index contributed by atoms with van der Waals surface area (Å²) in [5.74, 6) is 0.291. The first kappa shape index (κ1) is 23.2. The van der Waals surface area contributed by atoms with E-state index in [0.717, 1.165) is 55.8 Å². The van der Waals surface area contributed by atoms with Crippen LogP contribution in [0.1, 0.15) is 47.2 Å². The number of benzene rings is 1. The summed E-state index contributed by atoms with van der Waals surface area (Å²) in [5.41, 5.74) is 2.02. The molecule has 1 atom stereocenters. The van der Waals surface area contributed by atoms with Gasteiger partial charge in [0.15, 0.2) is 0 Å². The van der Waals surface area contributed by atoms with E-state index < -0.39 is 18.4 Å². The van der Waals surface area contributed by atoms with E-state index in [-0.39, 0.29) is 17.9 Å². The summed E-state index contributed by atoms with van der Waals surface area (Å²) in [7, 11) is 0. The maximum atomic E-state index is 12.4. The summed E-state index contributed by atoms with van der Waals surface area (Å²) in [4.78, 5) is 38.9. The molecule has 2 aromatic heterocycles. The van der Waals surface area contributed by atoms with Crippen LogP contribution < -0.4 is 5.32 Å². The Hall–Kier alpha value is -3.57. The van der Waals surface area contributed by atoms with Crippen molar-refractivity contribution >= 4 is 22.9 Å². The van der Waals surface area contributed by atoms with Gasteiger partial charge < -0.3 is 24.8 Å². The van der Waals surface area contributed by atoms with Gasteiger partial charge in [-0.1, -0.05) is 0 Å². The van der Waals surface area contributed by atoms with Crippen LogP contribution in [0.25, 0.3) is 11.0 Å². The molecule has 35 heavy (non-hydrogen) atoms. The Morgan fingerprint density at radius 2 is 1.94 bits per heavy atom. The maximum absolute atomic E-state index is 12.4. The highest BCUT2D eigenvalue weighted by Gasteiger charge is 2.26. The third-order valence-corrected chi connectivity index (χ3v) is 6.65. The molecule has 0 unspecified atom stereocenters. The van der Waals surface area contributed by atoms with Crippen molar-refractivity contribution in [3.63, 3.8) is 0 Å². The lowest BCUT2D eigenvalue weighted by molar-refractivity contribution is -0.135. The quantitative estimate of drug-likeness (QED) is 0.437. The zero-order valence-electron chi connectivity index (χ0n) is 19.3.